The molecule has 1 aromatic carbocycles. The Morgan fingerprint density at radius 1 is 1.38 bits per heavy atom. The molecule has 1 N–H and O–H groups in total. The lowest BCUT2D eigenvalue weighted by atomic mass is 9.68. The summed E-state index contributed by atoms with van der Waals surface area (Å²) < 4.78 is 19.5. The van der Waals surface area contributed by atoms with Gasteiger partial charge in [0.1, 0.15) is 0 Å². The van der Waals surface area contributed by atoms with E-state index in [9.17, 15) is 14.3 Å². The van der Waals surface area contributed by atoms with Crippen LogP contribution < -0.4 is 4.74 Å². The summed E-state index contributed by atoms with van der Waals surface area (Å²) in [5, 5.41) is 9.46. The Morgan fingerprint density at radius 3 is 2.67 bits per heavy atom. The van der Waals surface area contributed by atoms with Crippen LogP contribution in [0.2, 0.25) is 0 Å². The quantitative estimate of drug-likeness (QED) is 0.910. The second kappa shape index (κ2) is 6.46. The van der Waals surface area contributed by atoms with Crippen molar-refractivity contribution >= 4 is 5.97 Å². The van der Waals surface area contributed by atoms with Crippen LogP contribution in [0.25, 0.3) is 0 Å². The van der Waals surface area contributed by atoms with Crippen molar-refractivity contribution in [3.8, 4) is 5.75 Å². The number of carbonyl (C=O) groups is 1. The number of ether oxygens (including phenoxy) is 1. The van der Waals surface area contributed by atoms with Gasteiger partial charge in [-0.05, 0) is 42.7 Å². The lowest BCUT2D eigenvalue weighted by Crippen LogP contribution is -2.31. The Kier molecular flexibility index (Phi) is 4.86. The molecular weight excluding hydrogens is 271 g/mol. The number of halogens is 1. The largest absolute Gasteiger partial charge is 0.494 e. The molecule has 0 amide bonds. The van der Waals surface area contributed by atoms with Gasteiger partial charge in [0.25, 0.3) is 0 Å². The van der Waals surface area contributed by atoms with Gasteiger partial charge in [0, 0.05) is 5.92 Å². The smallest absolute Gasteiger partial charge is 0.307 e. The molecule has 21 heavy (non-hydrogen) atoms. The average molecular weight is 294 g/mol. The van der Waals surface area contributed by atoms with E-state index in [0.29, 0.717) is 23.8 Å². The third-order valence-electron chi connectivity index (χ3n) is 4.76. The first kappa shape index (κ1) is 15.8. The number of benzene rings is 1. The molecule has 3 unspecified atom stereocenters. The summed E-state index contributed by atoms with van der Waals surface area (Å²) in [6.45, 7) is 4.29. The summed E-state index contributed by atoms with van der Waals surface area (Å²) in [6, 6.07) is 4.99. The molecule has 4 heteroatoms. The van der Waals surface area contributed by atoms with Crippen LogP contribution in [0, 0.1) is 23.6 Å². The fourth-order valence-electron chi connectivity index (χ4n) is 3.42. The standard InChI is InChI=1S/C17H23FO3/c1-10(2)11-7-8-13(17(19)20)14(9-11)12-5-4-6-15(21-3)16(12)18/h4-6,10-11,13-14H,7-9H2,1-3H3,(H,19,20). The number of carboxylic acids is 1. The Labute approximate surface area is 125 Å². The number of methoxy groups -OCH3 is 1. The van der Waals surface area contributed by atoms with Gasteiger partial charge in [-0.1, -0.05) is 26.0 Å². The number of carboxylic acid groups (broad SMARTS) is 1. The van der Waals surface area contributed by atoms with E-state index in [1.807, 2.05) is 0 Å². The van der Waals surface area contributed by atoms with E-state index in [2.05, 4.69) is 13.8 Å². The maximum atomic E-state index is 14.5. The Balaban J connectivity index is 2.38. The molecule has 1 fully saturated rings. The second-order valence-electron chi connectivity index (χ2n) is 6.23. The van der Waals surface area contributed by atoms with Crippen molar-refractivity contribution in [3.05, 3.63) is 29.6 Å². The van der Waals surface area contributed by atoms with E-state index in [0.717, 1.165) is 12.8 Å². The topological polar surface area (TPSA) is 46.5 Å². The van der Waals surface area contributed by atoms with Crippen molar-refractivity contribution in [2.24, 2.45) is 17.8 Å². The van der Waals surface area contributed by atoms with E-state index in [4.69, 9.17) is 4.74 Å². The highest BCUT2D eigenvalue weighted by Gasteiger charge is 2.38. The van der Waals surface area contributed by atoms with Crippen LogP contribution >= 0.6 is 0 Å². The SMILES string of the molecule is COc1cccc(C2CC(C(C)C)CCC2C(=O)O)c1F. The molecule has 3 nitrogen and oxygen atoms in total. The van der Waals surface area contributed by atoms with Crippen molar-refractivity contribution in [1.29, 1.82) is 0 Å². The minimum atomic E-state index is -0.829. The maximum absolute atomic E-state index is 14.5. The molecule has 116 valence electrons. The van der Waals surface area contributed by atoms with Gasteiger partial charge in [0.05, 0.1) is 13.0 Å². The molecular formula is C17H23FO3. The molecule has 1 aliphatic carbocycles. The molecule has 0 aliphatic heterocycles. The predicted molar refractivity (Wildman–Crippen MR) is 79.0 cm³/mol. The third-order valence-corrected chi connectivity index (χ3v) is 4.76. The highest BCUT2D eigenvalue weighted by Crippen LogP contribution is 2.44. The van der Waals surface area contributed by atoms with E-state index >= 15 is 0 Å². The summed E-state index contributed by atoms with van der Waals surface area (Å²) in [5.74, 6) is -0.930. The second-order valence-corrected chi connectivity index (χ2v) is 6.23. The summed E-state index contributed by atoms with van der Waals surface area (Å²) in [4.78, 5) is 11.5. The lowest BCUT2D eigenvalue weighted by Gasteiger charge is -2.36. The Hall–Kier alpha value is -1.58. The summed E-state index contributed by atoms with van der Waals surface area (Å²) in [7, 11) is 1.43. The fraction of sp³-hybridized carbons (Fsp3) is 0.588. The van der Waals surface area contributed by atoms with Gasteiger partial charge in [-0.25, -0.2) is 4.39 Å². The van der Waals surface area contributed by atoms with Crippen molar-refractivity contribution in [2.45, 2.75) is 39.0 Å². The summed E-state index contributed by atoms with van der Waals surface area (Å²) in [5.41, 5.74) is 0.479. The van der Waals surface area contributed by atoms with Crippen LogP contribution in [0.5, 0.6) is 5.75 Å². The normalized spacial score (nSPS) is 25.9. The molecule has 3 atom stereocenters. The van der Waals surface area contributed by atoms with Crippen molar-refractivity contribution in [3.63, 3.8) is 0 Å². The van der Waals surface area contributed by atoms with Crippen LogP contribution in [0.4, 0.5) is 4.39 Å². The van der Waals surface area contributed by atoms with E-state index in [1.165, 1.54) is 7.11 Å². The molecule has 0 aromatic heterocycles. The number of rotatable bonds is 4. The molecule has 0 heterocycles. The van der Waals surface area contributed by atoms with Crippen LogP contribution in [0.15, 0.2) is 18.2 Å². The Bertz CT molecular complexity index is 513. The maximum Gasteiger partial charge on any atom is 0.307 e. The average Bonchev–Trinajstić information content (AvgIpc) is 2.46. The lowest BCUT2D eigenvalue weighted by molar-refractivity contribution is -0.144. The first-order valence-corrected chi connectivity index (χ1v) is 7.50. The van der Waals surface area contributed by atoms with Gasteiger partial charge in [0.15, 0.2) is 11.6 Å². The van der Waals surface area contributed by atoms with Crippen molar-refractivity contribution in [1.82, 2.24) is 0 Å². The highest BCUT2D eigenvalue weighted by atomic mass is 19.1. The van der Waals surface area contributed by atoms with Crippen molar-refractivity contribution in [2.75, 3.05) is 7.11 Å². The van der Waals surface area contributed by atoms with Crippen LogP contribution in [-0.2, 0) is 4.79 Å². The van der Waals surface area contributed by atoms with Gasteiger partial charge in [-0.3, -0.25) is 4.79 Å². The number of aliphatic carboxylic acids is 1. The molecule has 0 spiro atoms. The van der Waals surface area contributed by atoms with Gasteiger partial charge in [-0.2, -0.15) is 0 Å². The van der Waals surface area contributed by atoms with Gasteiger partial charge >= 0.3 is 5.97 Å². The zero-order valence-corrected chi connectivity index (χ0v) is 12.8. The molecule has 0 radical (unpaired) electrons. The molecule has 0 bridgehead atoms. The third kappa shape index (κ3) is 3.20. The zero-order chi connectivity index (χ0) is 15.6. The van der Waals surface area contributed by atoms with E-state index < -0.39 is 17.7 Å². The van der Waals surface area contributed by atoms with Crippen molar-refractivity contribution < 1.29 is 19.0 Å². The van der Waals surface area contributed by atoms with Gasteiger partial charge in [-0.15, -0.1) is 0 Å². The molecule has 0 saturated heterocycles. The van der Waals surface area contributed by atoms with Gasteiger partial charge in [0.2, 0.25) is 0 Å². The highest BCUT2D eigenvalue weighted by molar-refractivity contribution is 5.71. The van der Waals surface area contributed by atoms with Gasteiger partial charge < -0.3 is 9.84 Å². The van der Waals surface area contributed by atoms with Crippen LogP contribution in [-0.4, -0.2) is 18.2 Å². The molecule has 2 rings (SSSR count). The minimum absolute atomic E-state index is 0.184. The minimum Gasteiger partial charge on any atom is -0.494 e. The fourth-order valence-corrected chi connectivity index (χ4v) is 3.42. The van der Waals surface area contributed by atoms with E-state index in [-0.39, 0.29) is 11.7 Å². The zero-order valence-electron chi connectivity index (χ0n) is 12.8. The number of hydrogen-bond acceptors (Lipinski definition) is 2. The van der Waals surface area contributed by atoms with E-state index in [1.54, 1.807) is 18.2 Å². The first-order chi connectivity index (χ1) is 9.95. The monoisotopic (exact) mass is 294 g/mol. The Morgan fingerprint density at radius 2 is 2.10 bits per heavy atom. The van der Waals surface area contributed by atoms with Crippen LogP contribution in [0.1, 0.15) is 44.6 Å². The summed E-state index contributed by atoms with van der Waals surface area (Å²) >= 11 is 0. The molecule has 1 aromatic rings. The molecule has 1 saturated carbocycles. The predicted octanol–water partition coefficient (Wildman–Crippen LogP) is 4.07. The molecule has 1 aliphatic rings. The summed E-state index contributed by atoms with van der Waals surface area (Å²) in [6.07, 6.45) is 2.23. The number of hydrogen-bond donors (Lipinski definition) is 1. The van der Waals surface area contributed by atoms with Crippen LogP contribution in [0.3, 0.4) is 0 Å². The first-order valence-electron chi connectivity index (χ1n) is 7.50.